The van der Waals surface area contributed by atoms with Gasteiger partial charge in [-0.1, -0.05) is 27.7 Å². The van der Waals surface area contributed by atoms with Gasteiger partial charge in [0.15, 0.2) is 0 Å². The van der Waals surface area contributed by atoms with Gasteiger partial charge in [0.05, 0.1) is 5.92 Å². The molecule has 2 aliphatic carbocycles. The zero-order valence-electron chi connectivity index (χ0n) is 12.9. The molecule has 0 aromatic carbocycles. The van der Waals surface area contributed by atoms with Crippen molar-refractivity contribution in [2.75, 3.05) is 0 Å². The van der Waals surface area contributed by atoms with Crippen LogP contribution in [0.25, 0.3) is 0 Å². The number of Topliss-reactive ketones (excluding diaryl/α,β-unsaturated/α-hetero) is 2. The fourth-order valence-corrected chi connectivity index (χ4v) is 4.62. The van der Waals surface area contributed by atoms with Gasteiger partial charge in [0.25, 0.3) is 0 Å². The van der Waals surface area contributed by atoms with E-state index in [1.165, 1.54) is 0 Å². The molecule has 0 radical (unpaired) electrons. The number of carbonyl (C=O) groups is 2. The minimum absolute atomic E-state index is 0.192. The average Bonchev–Trinajstić information content (AvgIpc) is 2.74. The molecule has 0 amide bonds. The summed E-state index contributed by atoms with van der Waals surface area (Å²) in [6.07, 6.45) is 6.61. The van der Waals surface area contributed by atoms with Gasteiger partial charge in [0, 0.05) is 10.8 Å². The Balaban J connectivity index is 2.34. The summed E-state index contributed by atoms with van der Waals surface area (Å²) in [6, 6.07) is 0. The van der Waals surface area contributed by atoms with E-state index in [4.69, 9.17) is 0 Å². The van der Waals surface area contributed by atoms with E-state index in [2.05, 4.69) is 27.7 Å². The predicted octanol–water partition coefficient (Wildman–Crippen LogP) is 4.17. The highest BCUT2D eigenvalue weighted by Crippen LogP contribution is 2.55. The molecule has 2 unspecified atom stereocenters. The van der Waals surface area contributed by atoms with Crippen LogP contribution in [0.15, 0.2) is 0 Å². The summed E-state index contributed by atoms with van der Waals surface area (Å²) in [6.45, 7) is 8.42. The summed E-state index contributed by atoms with van der Waals surface area (Å²) in [5.41, 5.74) is -0.392. The van der Waals surface area contributed by atoms with Gasteiger partial charge >= 0.3 is 0 Å². The lowest BCUT2D eigenvalue weighted by Gasteiger charge is -2.39. The van der Waals surface area contributed by atoms with Crippen molar-refractivity contribution in [3.63, 3.8) is 0 Å². The quantitative estimate of drug-likeness (QED) is 0.714. The smallest absolute Gasteiger partial charge is 0.149 e. The molecule has 0 heterocycles. The second-order valence-electron chi connectivity index (χ2n) is 6.68. The zero-order chi connectivity index (χ0) is 14.3. The summed E-state index contributed by atoms with van der Waals surface area (Å²) < 4.78 is 0. The number of hydrogen-bond donors (Lipinski definition) is 0. The molecule has 0 bridgehead atoms. The van der Waals surface area contributed by atoms with Crippen molar-refractivity contribution < 1.29 is 9.59 Å². The van der Waals surface area contributed by atoms with Gasteiger partial charge in [-0.25, -0.2) is 0 Å². The first-order valence-electron chi connectivity index (χ1n) is 8.09. The fraction of sp³-hybridized carbons (Fsp3) is 0.882. The number of rotatable bonds is 4. The molecule has 0 spiro atoms. The standard InChI is InChI=1S/C17H28O2/c1-5-16(6-2)10-9-12-11-17(7-3,8-4)15(19)13(12)14(16)18/h12-13H,5-11H2,1-4H3. The fourth-order valence-electron chi connectivity index (χ4n) is 4.62. The third kappa shape index (κ3) is 1.90. The second kappa shape index (κ2) is 5.03. The second-order valence-corrected chi connectivity index (χ2v) is 6.68. The predicted molar refractivity (Wildman–Crippen MR) is 76.9 cm³/mol. The Morgan fingerprint density at radius 2 is 1.37 bits per heavy atom. The van der Waals surface area contributed by atoms with Crippen molar-refractivity contribution in [3.05, 3.63) is 0 Å². The molecule has 2 rings (SSSR count). The molecule has 0 saturated heterocycles. The van der Waals surface area contributed by atoms with Crippen LogP contribution >= 0.6 is 0 Å². The Hall–Kier alpha value is -0.660. The Kier molecular flexibility index (Phi) is 3.90. The first-order valence-corrected chi connectivity index (χ1v) is 8.09. The van der Waals surface area contributed by atoms with Gasteiger partial charge in [-0.15, -0.1) is 0 Å². The molecule has 2 atom stereocenters. The summed E-state index contributed by atoms with van der Waals surface area (Å²) >= 11 is 0. The van der Waals surface area contributed by atoms with Gasteiger partial charge in [0.1, 0.15) is 11.6 Å². The van der Waals surface area contributed by atoms with Crippen LogP contribution in [0.2, 0.25) is 0 Å². The number of fused-ring (bicyclic) bond motifs is 1. The normalized spacial score (nSPS) is 32.4. The molecule has 0 aromatic heterocycles. The number of carbonyl (C=O) groups excluding carboxylic acids is 2. The lowest BCUT2D eigenvalue weighted by Crippen LogP contribution is -2.44. The molecule has 2 saturated carbocycles. The molecule has 2 heteroatoms. The third-order valence-electron chi connectivity index (χ3n) is 6.44. The van der Waals surface area contributed by atoms with Gasteiger partial charge in [0.2, 0.25) is 0 Å². The molecular formula is C17H28O2. The lowest BCUT2D eigenvalue weighted by molar-refractivity contribution is -0.145. The van der Waals surface area contributed by atoms with E-state index in [0.29, 0.717) is 5.92 Å². The van der Waals surface area contributed by atoms with E-state index < -0.39 is 0 Å². The summed E-state index contributed by atoms with van der Waals surface area (Å²) in [4.78, 5) is 25.7. The van der Waals surface area contributed by atoms with E-state index in [1.54, 1.807) is 0 Å². The maximum absolute atomic E-state index is 12.9. The van der Waals surface area contributed by atoms with Gasteiger partial charge in [-0.05, 0) is 50.9 Å². The Bertz CT molecular complexity index is 369. The van der Waals surface area contributed by atoms with E-state index in [-0.39, 0.29) is 28.3 Å². The zero-order valence-corrected chi connectivity index (χ0v) is 12.9. The molecule has 0 N–H and O–H groups in total. The van der Waals surface area contributed by atoms with Crippen molar-refractivity contribution in [1.29, 1.82) is 0 Å². The van der Waals surface area contributed by atoms with Crippen molar-refractivity contribution in [3.8, 4) is 0 Å². The number of hydrogen-bond acceptors (Lipinski definition) is 2. The van der Waals surface area contributed by atoms with Crippen LogP contribution < -0.4 is 0 Å². The topological polar surface area (TPSA) is 34.1 Å². The largest absolute Gasteiger partial charge is 0.298 e. The van der Waals surface area contributed by atoms with Gasteiger partial charge in [-0.2, -0.15) is 0 Å². The first-order chi connectivity index (χ1) is 9.00. The summed E-state index contributed by atoms with van der Waals surface area (Å²) in [5.74, 6) is 0.626. The van der Waals surface area contributed by atoms with Crippen LogP contribution in [0.5, 0.6) is 0 Å². The minimum Gasteiger partial charge on any atom is -0.298 e. The maximum atomic E-state index is 12.9. The van der Waals surface area contributed by atoms with E-state index in [1.807, 2.05) is 0 Å². The number of ketones is 2. The monoisotopic (exact) mass is 264 g/mol. The van der Waals surface area contributed by atoms with Crippen molar-refractivity contribution >= 4 is 11.6 Å². The van der Waals surface area contributed by atoms with Crippen molar-refractivity contribution in [2.24, 2.45) is 22.7 Å². The highest BCUT2D eigenvalue weighted by Gasteiger charge is 2.58. The SMILES string of the molecule is CCC1(CC)CCC2CC(CC)(CC)C(=O)C2C1=O. The van der Waals surface area contributed by atoms with Gasteiger partial charge in [-0.3, -0.25) is 9.59 Å². The molecule has 2 fully saturated rings. The molecule has 19 heavy (non-hydrogen) atoms. The minimum atomic E-state index is -0.270. The van der Waals surface area contributed by atoms with Gasteiger partial charge < -0.3 is 0 Å². The molecule has 108 valence electrons. The van der Waals surface area contributed by atoms with E-state index in [9.17, 15) is 9.59 Å². The average molecular weight is 264 g/mol. The van der Waals surface area contributed by atoms with Crippen molar-refractivity contribution in [2.45, 2.75) is 72.6 Å². The Morgan fingerprint density at radius 3 is 1.84 bits per heavy atom. The maximum Gasteiger partial charge on any atom is 0.149 e. The van der Waals surface area contributed by atoms with E-state index >= 15 is 0 Å². The summed E-state index contributed by atoms with van der Waals surface area (Å²) in [7, 11) is 0. The van der Waals surface area contributed by atoms with Crippen LogP contribution in [-0.2, 0) is 9.59 Å². The molecule has 0 aromatic rings. The van der Waals surface area contributed by atoms with Crippen LogP contribution in [0.1, 0.15) is 72.6 Å². The Morgan fingerprint density at radius 1 is 0.895 bits per heavy atom. The first kappa shape index (κ1) is 14.7. The highest BCUT2D eigenvalue weighted by atomic mass is 16.2. The third-order valence-corrected chi connectivity index (χ3v) is 6.44. The Labute approximate surface area is 117 Å². The van der Waals surface area contributed by atoms with Crippen molar-refractivity contribution in [1.82, 2.24) is 0 Å². The highest BCUT2D eigenvalue weighted by molar-refractivity contribution is 6.09. The van der Waals surface area contributed by atoms with Crippen LogP contribution in [0, 0.1) is 22.7 Å². The summed E-state index contributed by atoms with van der Waals surface area (Å²) in [5, 5.41) is 0. The van der Waals surface area contributed by atoms with Crippen LogP contribution in [-0.4, -0.2) is 11.6 Å². The van der Waals surface area contributed by atoms with Crippen LogP contribution in [0.4, 0.5) is 0 Å². The lowest BCUT2D eigenvalue weighted by atomic mass is 9.62. The molecular weight excluding hydrogens is 236 g/mol. The van der Waals surface area contributed by atoms with Crippen LogP contribution in [0.3, 0.4) is 0 Å². The molecule has 2 nitrogen and oxygen atoms in total. The van der Waals surface area contributed by atoms with E-state index in [0.717, 1.165) is 44.9 Å². The molecule has 0 aliphatic heterocycles. The molecule has 2 aliphatic rings.